The molecule has 3 rings (SSSR count). The summed E-state index contributed by atoms with van der Waals surface area (Å²) < 4.78 is 1.65. The number of carbonyl (C=O) groups is 1. The highest BCUT2D eigenvalue weighted by Crippen LogP contribution is 2.13. The van der Waals surface area contributed by atoms with Crippen molar-refractivity contribution in [2.45, 2.75) is 27.3 Å². The lowest BCUT2D eigenvalue weighted by molar-refractivity contribution is 0.102. The van der Waals surface area contributed by atoms with Gasteiger partial charge in [-0.15, -0.1) is 0 Å². The molecule has 1 N–H and O–H groups in total. The summed E-state index contributed by atoms with van der Waals surface area (Å²) in [7, 11) is 0. The largest absolute Gasteiger partial charge is 0.322 e. The van der Waals surface area contributed by atoms with Gasteiger partial charge in [0.1, 0.15) is 5.56 Å². The summed E-state index contributed by atoms with van der Waals surface area (Å²) in [6.07, 6.45) is 0. The Labute approximate surface area is 153 Å². The SMILES string of the molecule is Cc1ccc(NC(=O)c2c(C)cc(C)n(Cc3ccccc3)c2=O)cc1. The highest BCUT2D eigenvalue weighted by Gasteiger charge is 2.18. The van der Waals surface area contributed by atoms with Crippen molar-refractivity contribution < 1.29 is 4.79 Å². The average Bonchev–Trinajstić information content (AvgIpc) is 2.61. The summed E-state index contributed by atoms with van der Waals surface area (Å²) in [5, 5.41) is 2.83. The van der Waals surface area contributed by atoms with E-state index in [0.29, 0.717) is 17.8 Å². The van der Waals surface area contributed by atoms with Gasteiger partial charge in [0.2, 0.25) is 0 Å². The molecular weight excluding hydrogens is 324 g/mol. The van der Waals surface area contributed by atoms with Crippen LogP contribution in [0.2, 0.25) is 0 Å². The molecule has 0 spiro atoms. The Hall–Kier alpha value is -3.14. The number of nitrogens with one attached hydrogen (secondary N) is 1. The molecule has 4 heteroatoms. The lowest BCUT2D eigenvalue weighted by atomic mass is 10.1. The summed E-state index contributed by atoms with van der Waals surface area (Å²) in [5.74, 6) is -0.377. The first-order valence-corrected chi connectivity index (χ1v) is 8.58. The van der Waals surface area contributed by atoms with Crippen LogP contribution in [0.15, 0.2) is 65.5 Å². The summed E-state index contributed by atoms with van der Waals surface area (Å²) in [5.41, 5.74) is 4.24. The van der Waals surface area contributed by atoms with Crippen molar-refractivity contribution in [3.63, 3.8) is 0 Å². The topological polar surface area (TPSA) is 51.1 Å². The van der Waals surface area contributed by atoms with Crippen LogP contribution < -0.4 is 10.9 Å². The van der Waals surface area contributed by atoms with Crippen LogP contribution in [-0.4, -0.2) is 10.5 Å². The first-order valence-electron chi connectivity index (χ1n) is 8.58. The van der Waals surface area contributed by atoms with Crippen molar-refractivity contribution >= 4 is 11.6 Å². The number of carbonyl (C=O) groups excluding carboxylic acids is 1. The quantitative estimate of drug-likeness (QED) is 0.774. The molecule has 0 saturated heterocycles. The first kappa shape index (κ1) is 17.7. The Morgan fingerprint density at radius 1 is 0.962 bits per heavy atom. The number of amides is 1. The van der Waals surface area contributed by atoms with Gasteiger partial charge in [-0.1, -0.05) is 48.0 Å². The van der Waals surface area contributed by atoms with E-state index in [4.69, 9.17) is 0 Å². The zero-order chi connectivity index (χ0) is 18.7. The van der Waals surface area contributed by atoms with Crippen LogP contribution in [0.4, 0.5) is 5.69 Å². The predicted octanol–water partition coefficient (Wildman–Crippen LogP) is 4.07. The number of pyridine rings is 1. The van der Waals surface area contributed by atoms with Gasteiger partial charge in [-0.3, -0.25) is 9.59 Å². The van der Waals surface area contributed by atoms with E-state index in [1.165, 1.54) is 0 Å². The van der Waals surface area contributed by atoms with Crippen LogP contribution in [0, 0.1) is 20.8 Å². The average molecular weight is 346 g/mol. The number of nitrogens with zero attached hydrogens (tertiary/aromatic N) is 1. The van der Waals surface area contributed by atoms with E-state index >= 15 is 0 Å². The molecule has 1 amide bonds. The van der Waals surface area contributed by atoms with Gasteiger partial charge in [0.15, 0.2) is 0 Å². The molecule has 0 bridgehead atoms. The maximum Gasteiger partial charge on any atom is 0.264 e. The van der Waals surface area contributed by atoms with Crippen molar-refractivity contribution in [3.8, 4) is 0 Å². The Morgan fingerprint density at radius 2 is 1.62 bits per heavy atom. The van der Waals surface area contributed by atoms with Crippen LogP contribution in [0.25, 0.3) is 0 Å². The van der Waals surface area contributed by atoms with Crippen molar-refractivity contribution in [1.29, 1.82) is 0 Å². The van der Waals surface area contributed by atoms with Crippen molar-refractivity contribution in [2.24, 2.45) is 0 Å². The second-order valence-electron chi connectivity index (χ2n) is 6.54. The fraction of sp³-hybridized carbons (Fsp3) is 0.182. The van der Waals surface area contributed by atoms with Crippen molar-refractivity contribution in [2.75, 3.05) is 5.32 Å². The van der Waals surface area contributed by atoms with Gasteiger partial charge >= 0.3 is 0 Å². The van der Waals surface area contributed by atoms with Crippen molar-refractivity contribution in [1.82, 2.24) is 4.57 Å². The van der Waals surface area contributed by atoms with Gasteiger partial charge in [0, 0.05) is 11.4 Å². The zero-order valence-corrected chi connectivity index (χ0v) is 15.2. The van der Waals surface area contributed by atoms with Crippen LogP contribution in [0.3, 0.4) is 0 Å². The van der Waals surface area contributed by atoms with E-state index in [-0.39, 0.29) is 17.0 Å². The Kier molecular flexibility index (Phi) is 5.03. The molecule has 0 aliphatic rings. The normalized spacial score (nSPS) is 10.6. The fourth-order valence-corrected chi connectivity index (χ4v) is 3.00. The molecule has 0 aliphatic carbocycles. The molecule has 1 aromatic heterocycles. The number of rotatable bonds is 4. The molecule has 0 aliphatic heterocycles. The number of hydrogen-bond donors (Lipinski definition) is 1. The minimum atomic E-state index is -0.377. The Balaban J connectivity index is 1.96. The maximum atomic E-state index is 13.0. The van der Waals surface area contributed by atoms with E-state index in [9.17, 15) is 9.59 Å². The second kappa shape index (κ2) is 7.40. The van der Waals surface area contributed by atoms with Gasteiger partial charge in [-0.05, 0) is 50.1 Å². The molecule has 2 aromatic carbocycles. The highest BCUT2D eigenvalue weighted by atomic mass is 16.2. The molecule has 0 atom stereocenters. The summed E-state index contributed by atoms with van der Waals surface area (Å²) in [6.45, 7) is 6.11. The van der Waals surface area contributed by atoms with E-state index in [1.54, 1.807) is 11.5 Å². The predicted molar refractivity (Wildman–Crippen MR) is 105 cm³/mol. The monoisotopic (exact) mass is 346 g/mol. The minimum Gasteiger partial charge on any atom is -0.322 e. The van der Waals surface area contributed by atoms with Crippen LogP contribution in [-0.2, 0) is 6.54 Å². The molecule has 3 aromatic rings. The molecular formula is C22H22N2O2. The van der Waals surface area contributed by atoms with E-state index in [1.807, 2.05) is 74.5 Å². The molecule has 0 unspecified atom stereocenters. The van der Waals surface area contributed by atoms with Crippen molar-refractivity contribution in [3.05, 3.63) is 99.0 Å². The smallest absolute Gasteiger partial charge is 0.264 e. The van der Waals surface area contributed by atoms with Gasteiger partial charge in [0.25, 0.3) is 11.5 Å². The third kappa shape index (κ3) is 3.75. The summed E-state index contributed by atoms with van der Waals surface area (Å²) >= 11 is 0. The summed E-state index contributed by atoms with van der Waals surface area (Å²) in [4.78, 5) is 25.7. The third-order valence-corrected chi connectivity index (χ3v) is 4.42. The molecule has 1 heterocycles. The number of aromatic nitrogens is 1. The van der Waals surface area contributed by atoms with E-state index in [2.05, 4.69) is 5.32 Å². The van der Waals surface area contributed by atoms with Gasteiger partial charge < -0.3 is 9.88 Å². The van der Waals surface area contributed by atoms with E-state index in [0.717, 1.165) is 16.8 Å². The number of hydrogen-bond acceptors (Lipinski definition) is 2. The molecule has 0 radical (unpaired) electrons. The Bertz CT molecular complexity index is 987. The third-order valence-electron chi connectivity index (χ3n) is 4.42. The molecule has 26 heavy (non-hydrogen) atoms. The van der Waals surface area contributed by atoms with Gasteiger partial charge in [-0.2, -0.15) is 0 Å². The van der Waals surface area contributed by atoms with Gasteiger partial charge in [0.05, 0.1) is 6.54 Å². The molecule has 0 saturated carbocycles. The highest BCUT2D eigenvalue weighted by molar-refractivity contribution is 6.05. The lowest BCUT2D eigenvalue weighted by Crippen LogP contribution is -2.32. The van der Waals surface area contributed by atoms with Gasteiger partial charge in [-0.25, -0.2) is 0 Å². The number of aryl methyl sites for hydroxylation is 3. The Morgan fingerprint density at radius 3 is 2.27 bits per heavy atom. The van der Waals surface area contributed by atoms with Crippen LogP contribution in [0.1, 0.15) is 32.7 Å². The minimum absolute atomic E-state index is 0.187. The summed E-state index contributed by atoms with van der Waals surface area (Å²) in [6, 6.07) is 19.2. The fourth-order valence-electron chi connectivity index (χ4n) is 3.00. The maximum absolute atomic E-state index is 13.0. The molecule has 132 valence electrons. The second-order valence-corrected chi connectivity index (χ2v) is 6.54. The zero-order valence-electron chi connectivity index (χ0n) is 15.2. The molecule has 4 nitrogen and oxygen atoms in total. The van der Waals surface area contributed by atoms with Crippen LogP contribution >= 0.6 is 0 Å². The number of benzene rings is 2. The number of anilines is 1. The molecule has 0 fully saturated rings. The standard InChI is InChI=1S/C22H22N2O2/c1-15-9-11-19(12-10-15)23-21(25)20-16(2)13-17(3)24(22(20)26)14-18-7-5-4-6-8-18/h4-13H,14H2,1-3H3,(H,23,25). The van der Waals surface area contributed by atoms with Crippen LogP contribution in [0.5, 0.6) is 0 Å². The van der Waals surface area contributed by atoms with E-state index < -0.39 is 0 Å². The lowest BCUT2D eigenvalue weighted by Gasteiger charge is -2.15. The first-order chi connectivity index (χ1) is 12.5.